The van der Waals surface area contributed by atoms with Crippen molar-refractivity contribution in [1.82, 2.24) is 0 Å². The Balaban J connectivity index is 2.03. The number of carbonyl (C=O) groups excluding carboxylic acids is 2. The molecule has 0 aliphatic carbocycles. The molecule has 0 saturated carbocycles. The average molecular weight is 378 g/mol. The second-order valence-electron chi connectivity index (χ2n) is 6.03. The number of carbonyl (C=O) groups is 2. The molecule has 0 atom stereocenters. The van der Waals surface area contributed by atoms with E-state index in [1.165, 1.54) is 13.2 Å². The van der Waals surface area contributed by atoms with Crippen molar-refractivity contribution in [2.75, 3.05) is 19.0 Å². The van der Waals surface area contributed by atoms with Crippen LogP contribution in [-0.4, -0.2) is 25.6 Å². The molecule has 0 aromatic heterocycles. The molecule has 0 heterocycles. The van der Waals surface area contributed by atoms with Gasteiger partial charge in [-0.05, 0) is 48.2 Å². The van der Waals surface area contributed by atoms with E-state index in [9.17, 15) is 14.9 Å². The summed E-state index contributed by atoms with van der Waals surface area (Å²) in [6.07, 6.45) is 2.15. The highest BCUT2D eigenvalue weighted by atomic mass is 16.5. The second-order valence-corrected chi connectivity index (χ2v) is 6.03. The van der Waals surface area contributed by atoms with E-state index in [2.05, 4.69) is 5.32 Å². The van der Waals surface area contributed by atoms with Gasteiger partial charge in [-0.2, -0.15) is 5.26 Å². The Hall–Kier alpha value is -3.59. The lowest BCUT2D eigenvalue weighted by Gasteiger charge is -2.13. The summed E-state index contributed by atoms with van der Waals surface area (Å²) >= 11 is 0. The molecule has 2 aromatic rings. The number of aryl methyl sites for hydroxylation is 2. The van der Waals surface area contributed by atoms with E-state index < -0.39 is 18.5 Å². The van der Waals surface area contributed by atoms with Crippen molar-refractivity contribution in [3.8, 4) is 11.8 Å². The lowest BCUT2D eigenvalue weighted by atomic mass is 10.1. The zero-order valence-electron chi connectivity index (χ0n) is 16.1. The van der Waals surface area contributed by atoms with Gasteiger partial charge in [0.15, 0.2) is 6.61 Å². The van der Waals surface area contributed by atoms with Crippen LogP contribution in [0.4, 0.5) is 5.69 Å². The molecule has 0 bridgehead atoms. The van der Waals surface area contributed by atoms with Crippen molar-refractivity contribution in [1.29, 1.82) is 5.26 Å². The molecule has 0 aliphatic heterocycles. The van der Waals surface area contributed by atoms with Crippen molar-refractivity contribution >= 4 is 23.6 Å². The van der Waals surface area contributed by atoms with Gasteiger partial charge in [0.2, 0.25) is 0 Å². The van der Waals surface area contributed by atoms with Gasteiger partial charge in [-0.3, -0.25) is 4.79 Å². The lowest BCUT2D eigenvalue weighted by Crippen LogP contribution is -2.22. The zero-order chi connectivity index (χ0) is 20.5. The summed E-state index contributed by atoms with van der Waals surface area (Å²) in [5.74, 6) is -0.722. The Labute approximate surface area is 164 Å². The van der Waals surface area contributed by atoms with Crippen molar-refractivity contribution in [3.05, 3.63) is 64.7 Å². The smallest absolute Gasteiger partial charge is 0.349 e. The molecule has 0 aliphatic rings. The summed E-state index contributed by atoms with van der Waals surface area (Å²) in [5.41, 5.74) is 3.06. The normalized spacial score (nSPS) is 10.7. The molecule has 6 heteroatoms. The predicted molar refractivity (Wildman–Crippen MR) is 107 cm³/mol. The van der Waals surface area contributed by atoms with E-state index in [0.717, 1.165) is 23.2 Å². The quantitative estimate of drug-likeness (QED) is 0.451. The number of hydrogen-bond acceptors (Lipinski definition) is 5. The van der Waals surface area contributed by atoms with Crippen LogP contribution in [0.5, 0.6) is 5.75 Å². The Morgan fingerprint density at radius 1 is 1.21 bits per heavy atom. The highest BCUT2D eigenvalue weighted by molar-refractivity contribution is 6.00. The number of nitrogens with one attached hydrogen (secondary N) is 1. The summed E-state index contributed by atoms with van der Waals surface area (Å²) in [6, 6.07) is 14.5. The highest BCUT2D eigenvalue weighted by Crippen LogP contribution is 2.21. The van der Waals surface area contributed by atoms with Crippen LogP contribution in [0.3, 0.4) is 0 Å². The van der Waals surface area contributed by atoms with E-state index in [1.54, 1.807) is 30.3 Å². The maximum Gasteiger partial charge on any atom is 0.349 e. The van der Waals surface area contributed by atoms with Gasteiger partial charge in [-0.15, -0.1) is 0 Å². The molecule has 0 unspecified atom stereocenters. The Bertz CT molecular complexity index is 942. The van der Waals surface area contributed by atoms with Crippen LogP contribution in [0.1, 0.15) is 23.6 Å². The largest absolute Gasteiger partial charge is 0.497 e. The number of rotatable bonds is 7. The Morgan fingerprint density at radius 2 is 1.96 bits per heavy atom. The van der Waals surface area contributed by atoms with E-state index in [1.807, 2.05) is 32.0 Å². The van der Waals surface area contributed by atoms with Gasteiger partial charge in [-0.1, -0.05) is 37.3 Å². The molecule has 1 N–H and O–H groups in total. The van der Waals surface area contributed by atoms with E-state index in [4.69, 9.17) is 9.47 Å². The Morgan fingerprint density at radius 3 is 2.64 bits per heavy atom. The second kappa shape index (κ2) is 9.93. The number of ether oxygens (including phenoxy) is 2. The average Bonchev–Trinajstić information content (AvgIpc) is 2.71. The molecule has 0 saturated heterocycles. The van der Waals surface area contributed by atoms with Crippen molar-refractivity contribution < 1.29 is 19.1 Å². The molecule has 1 amide bonds. The molecule has 0 fully saturated rings. The van der Waals surface area contributed by atoms with E-state index in [0.29, 0.717) is 11.3 Å². The van der Waals surface area contributed by atoms with Crippen molar-refractivity contribution in [2.45, 2.75) is 20.3 Å². The fourth-order valence-corrected chi connectivity index (χ4v) is 2.62. The number of nitrogens with zero attached hydrogens (tertiary/aromatic N) is 1. The van der Waals surface area contributed by atoms with Crippen LogP contribution in [-0.2, 0) is 20.7 Å². The summed E-state index contributed by atoms with van der Waals surface area (Å²) in [4.78, 5) is 24.3. The fraction of sp³-hybridized carbons (Fsp3) is 0.227. The van der Waals surface area contributed by atoms with Gasteiger partial charge in [0.1, 0.15) is 17.4 Å². The molecule has 0 spiro atoms. The van der Waals surface area contributed by atoms with Crippen molar-refractivity contribution in [2.24, 2.45) is 0 Å². The van der Waals surface area contributed by atoms with E-state index >= 15 is 0 Å². The van der Waals surface area contributed by atoms with Gasteiger partial charge in [0, 0.05) is 5.69 Å². The van der Waals surface area contributed by atoms with E-state index in [-0.39, 0.29) is 5.57 Å². The third-order valence-electron chi connectivity index (χ3n) is 4.08. The van der Waals surface area contributed by atoms with Crippen LogP contribution in [0.15, 0.2) is 48.0 Å². The number of benzene rings is 2. The van der Waals surface area contributed by atoms with Gasteiger partial charge < -0.3 is 14.8 Å². The third-order valence-corrected chi connectivity index (χ3v) is 4.08. The van der Waals surface area contributed by atoms with Gasteiger partial charge in [-0.25, -0.2) is 4.79 Å². The van der Waals surface area contributed by atoms with Crippen LogP contribution >= 0.6 is 0 Å². The van der Waals surface area contributed by atoms with Crippen LogP contribution in [0, 0.1) is 18.3 Å². The molecular weight excluding hydrogens is 356 g/mol. The summed E-state index contributed by atoms with van der Waals surface area (Å²) in [7, 11) is 1.53. The maximum atomic E-state index is 12.2. The minimum atomic E-state index is -0.860. The first-order valence-electron chi connectivity index (χ1n) is 8.79. The number of anilines is 1. The number of nitriles is 1. The topological polar surface area (TPSA) is 88.4 Å². The molecule has 2 rings (SSSR count). The maximum absolute atomic E-state index is 12.2. The first-order chi connectivity index (χ1) is 13.5. The lowest BCUT2D eigenvalue weighted by molar-refractivity contribution is -0.142. The standard InChI is InChI=1S/C22H22N2O4/c1-4-17-9-5-7-15(2)21(17)24-20(25)14-28-22(26)18(13-23)11-16-8-6-10-19(12-16)27-3/h5-12H,4,14H2,1-3H3,(H,24,25)/b18-11+. The van der Waals surface area contributed by atoms with Crippen LogP contribution < -0.4 is 10.1 Å². The highest BCUT2D eigenvalue weighted by Gasteiger charge is 2.15. The number of para-hydroxylation sites is 1. The molecule has 2 aromatic carbocycles. The first-order valence-corrected chi connectivity index (χ1v) is 8.79. The van der Waals surface area contributed by atoms with Crippen LogP contribution in [0.25, 0.3) is 6.08 Å². The molecule has 0 radical (unpaired) electrons. The summed E-state index contributed by atoms with van der Waals surface area (Å²) in [6.45, 7) is 3.41. The minimum absolute atomic E-state index is 0.203. The third kappa shape index (κ3) is 5.45. The molecular formula is C22H22N2O4. The first kappa shape index (κ1) is 20.7. The zero-order valence-corrected chi connectivity index (χ0v) is 16.1. The van der Waals surface area contributed by atoms with Gasteiger partial charge in [0.25, 0.3) is 5.91 Å². The molecule has 144 valence electrons. The Kier molecular flexibility index (Phi) is 7.35. The number of amides is 1. The molecule has 6 nitrogen and oxygen atoms in total. The number of methoxy groups -OCH3 is 1. The van der Waals surface area contributed by atoms with Crippen molar-refractivity contribution in [3.63, 3.8) is 0 Å². The SMILES string of the molecule is CCc1cccc(C)c1NC(=O)COC(=O)/C(C#N)=C/c1cccc(OC)c1. The van der Waals surface area contributed by atoms with Gasteiger partial charge in [0.05, 0.1) is 7.11 Å². The number of hydrogen-bond donors (Lipinski definition) is 1. The van der Waals surface area contributed by atoms with Crippen LogP contribution in [0.2, 0.25) is 0 Å². The molecule has 28 heavy (non-hydrogen) atoms. The predicted octanol–water partition coefficient (Wildman–Crippen LogP) is 3.65. The summed E-state index contributed by atoms with van der Waals surface area (Å²) < 4.78 is 10.1. The number of esters is 1. The monoisotopic (exact) mass is 378 g/mol. The minimum Gasteiger partial charge on any atom is -0.497 e. The van der Waals surface area contributed by atoms with Gasteiger partial charge >= 0.3 is 5.97 Å². The summed E-state index contributed by atoms with van der Waals surface area (Å²) in [5, 5.41) is 12.0. The fourth-order valence-electron chi connectivity index (χ4n) is 2.62.